The smallest absolute Gasteiger partial charge is 0.411 e. The van der Waals surface area contributed by atoms with Crippen molar-refractivity contribution >= 4 is 35.0 Å². The minimum atomic E-state index is -3.03. The Morgan fingerprint density at radius 3 is 2.12 bits per heavy atom. The van der Waals surface area contributed by atoms with Crippen LogP contribution in [-0.2, 0) is 19.1 Å². The number of aromatic hydroxyl groups is 1. The Bertz CT molecular complexity index is 2040. The number of rotatable bonds is 5. The van der Waals surface area contributed by atoms with Crippen molar-refractivity contribution in [1.82, 2.24) is 4.90 Å². The fourth-order valence-corrected chi connectivity index (χ4v) is 8.46. The van der Waals surface area contributed by atoms with Crippen LogP contribution >= 0.6 is 0 Å². The average molecular weight is 682 g/mol. The van der Waals surface area contributed by atoms with E-state index in [1.165, 1.54) is 31.1 Å². The van der Waals surface area contributed by atoms with Crippen molar-refractivity contribution in [2.75, 3.05) is 26.0 Å². The van der Waals surface area contributed by atoms with E-state index in [2.05, 4.69) is 5.32 Å². The lowest BCUT2D eigenvalue weighted by Gasteiger charge is -2.53. The molecule has 258 valence electrons. The molecule has 6 atom stereocenters. The molecular weight excluding hydrogens is 646 g/mol. The molecule has 8 N–H and O–H groups in total. The van der Waals surface area contributed by atoms with Crippen LogP contribution < -0.4 is 11.1 Å². The SMILES string of the molecule is C[C@H]1c2ccc(NC(=O)OCC3c4ccccc4-c4ccccc43)c(O)c2C(O)=C2C(=O)[C@]3(O)C(O)=C(C(N)=O)C(=O)[C@@H](N(C)C)[C@@H]3[C@@H](O)[C@@H]21. The maximum Gasteiger partial charge on any atom is 0.411 e. The molecule has 3 aromatic rings. The minimum Gasteiger partial charge on any atom is -0.508 e. The molecule has 13 heteroatoms. The number of anilines is 1. The predicted molar refractivity (Wildman–Crippen MR) is 179 cm³/mol. The molecule has 0 spiro atoms. The van der Waals surface area contributed by atoms with Gasteiger partial charge in [-0.05, 0) is 53.9 Å². The van der Waals surface area contributed by atoms with E-state index in [0.29, 0.717) is 5.56 Å². The summed E-state index contributed by atoms with van der Waals surface area (Å²) in [5.41, 5.74) is 4.79. The zero-order valence-corrected chi connectivity index (χ0v) is 27.2. The van der Waals surface area contributed by atoms with Crippen molar-refractivity contribution in [3.63, 3.8) is 0 Å². The Morgan fingerprint density at radius 2 is 1.54 bits per heavy atom. The third-order valence-electron chi connectivity index (χ3n) is 10.7. The molecule has 0 aromatic heterocycles. The standard InChI is InChI=1S/C37H35N3O10/c1-15-16-12-13-22(39-36(48)50-14-21-19-10-6-4-8-17(19)18-9-5-7-11-20(18)21)29(41)24(16)30(42)25-23(15)31(43)27-28(40(2)3)32(44)26(35(38)47)34(46)37(27,49)33(25)45/h4-13,15,21,23,27-28,31,41-43,46,49H,14H2,1-3H3,(H2,38,47)(H,39,48)/t15-,23+,27+,28-,31-,37-/m0/s1. The number of primary amides is 1. The van der Waals surface area contributed by atoms with Gasteiger partial charge in [0.05, 0.1) is 29.3 Å². The molecule has 4 aliphatic rings. The molecule has 0 aliphatic heterocycles. The molecule has 4 aliphatic carbocycles. The number of phenols is 1. The molecule has 0 radical (unpaired) electrons. The lowest BCUT2D eigenvalue weighted by molar-refractivity contribution is -0.169. The Morgan fingerprint density at radius 1 is 0.940 bits per heavy atom. The van der Waals surface area contributed by atoms with Crippen molar-refractivity contribution in [1.29, 1.82) is 0 Å². The second-order valence-corrected chi connectivity index (χ2v) is 13.4. The zero-order valence-electron chi connectivity index (χ0n) is 27.2. The van der Waals surface area contributed by atoms with Crippen molar-refractivity contribution in [3.05, 3.63) is 99.8 Å². The van der Waals surface area contributed by atoms with Gasteiger partial charge >= 0.3 is 6.09 Å². The molecule has 0 unspecified atom stereocenters. The number of ketones is 2. The van der Waals surface area contributed by atoms with Crippen LogP contribution in [0.4, 0.5) is 10.5 Å². The second-order valence-electron chi connectivity index (χ2n) is 13.4. The number of nitrogens with one attached hydrogen (secondary N) is 1. The van der Waals surface area contributed by atoms with Gasteiger partial charge in [-0.3, -0.25) is 24.6 Å². The highest BCUT2D eigenvalue weighted by molar-refractivity contribution is 6.24. The van der Waals surface area contributed by atoms with Crippen LogP contribution in [0, 0.1) is 11.8 Å². The second kappa shape index (κ2) is 11.5. The van der Waals surface area contributed by atoms with E-state index in [-0.39, 0.29) is 23.8 Å². The van der Waals surface area contributed by atoms with Crippen LogP contribution in [0.25, 0.3) is 16.9 Å². The average Bonchev–Trinajstić information content (AvgIpc) is 3.39. The lowest BCUT2D eigenvalue weighted by Crippen LogP contribution is -2.70. The van der Waals surface area contributed by atoms with Crippen molar-refractivity contribution in [2.45, 2.75) is 36.5 Å². The molecule has 0 bridgehead atoms. The fourth-order valence-electron chi connectivity index (χ4n) is 8.46. The molecule has 0 heterocycles. The number of Topliss-reactive ketones (excluding diaryl/α,β-unsaturated/α-hetero) is 2. The van der Waals surface area contributed by atoms with Crippen molar-refractivity contribution < 1.29 is 49.4 Å². The van der Waals surface area contributed by atoms with Gasteiger partial charge < -0.3 is 36.0 Å². The first-order chi connectivity index (χ1) is 23.7. The molecule has 13 nitrogen and oxygen atoms in total. The molecule has 2 amide bonds. The van der Waals surface area contributed by atoms with Gasteiger partial charge in [-0.25, -0.2) is 4.79 Å². The van der Waals surface area contributed by atoms with Crippen LogP contribution in [0.2, 0.25) is 0 Å². The van der Waals surface area contributed by atoms with E-state index >= 15 is 0 Å². The van der Waals surface area contributed by atoms with Crippen LogP contribution in [-0.4, -0.2) is 92.4 Å². The molecular formula is C37H35N3O10. The Hall–Kier alpha value is -5.50. The summed E-state index contributed by atoms with van der Waals surface area (Å²) < 4.78 is 5.60. The number of likely N-dealkylation sites (N-methyl/N-ethyl adjacent to an activating group) is 1. The fraction of sp³-hybridized carbons (Fsp3) is 0.297. The van der Waals surface area contributed by atoms with Gasteiger partial charge in [-0.1, -0.05) is 61.5 Å². The Balaban J connectivity index is 1.22. The van der Waals surface area contributed by atoms with Gasteiger partial charge in [0, 0.05) is 17.4 Å². The molecule has 3 aromatic carbocycles. The number of carbonyl (C=O) groups is 4. The van der Waals surface area contributed by atoms with E-state index in [0.717, 1.165) is 22.3 Å². The summed E-state index contributed by atoms with van der Waals surface area (Å²) in [6.45, 7) is 1.61. The van der Waals surface area contributed by atoms with E-state index in [1.54, 1.807) is 6.92 Å². The first-order valence-corrected chi connectivity index (χ1v) is 16.0. The Kier molecular flexibility index (Phi) is 7.62. The van der Waals surface area contributed by atoms with Gasteiger partial charge in [-0.2, -0.15) is 0 Å². The quantitative estimate of drug-likeness (QED) is 0.153. The normalized spacial score (nSPS) is 27.0. The molecule has 50 heavy (non-hydrogen) atoms. The third-order valence-corrected chi connectivity index (χ3v) is 10.7. The number of phenolic OH excluding ortho intramolecular Hbond substituents is 1. The summed E-state index contributed by atoms with van der Waals surface area (Å²) in [5.74, 6) is -10.3. The Labute approximate surface area is 285 Å². The highest BCUT2D eigenvalue weighted by Crippen LogP contribution is 2.56. The van der Waals surface area contributed by atoms with E-state index in [4.69, 9.17) is 10.5 Å². The van der Waals surface area contributed by atoms with Crippen molar-refractivity contribution in [2.24, 2.45) is 17.6 Å². The van der Waals surface area contributed by atoms with Crippen LogP contribution in [0.5, 0.6) is 5.75 Å². The molecule has 7 rings (SSSR count). The maximum atomic E-state index is 14.2. The number of fused-ring (bicyclic) bond motifs is 6. The minimum absolute atomic E-state index is 0.00748. The van der Waals surface area contributed by atoms with E-state index in [1.807, 2.05) is 48.5 Å². The first-order valence-electron chi connectivity index (χ1n) is 16.0. The van der Waals surface area contributed by atoms with Crippen LogP contribution in [0.1, 0.15) is 41.0 Å². The highest BCUT2D eigenvalue weighted by atomic mass is 16.5. The van der Waals surface area contributed by atoms with Gasteiger partial charge in [0.15, 0.2) is 11.4 Å². The molecule has 0 saturated heterocycles. The first kappa shape index (κ1) is 33.0. The summed E-state index contributed by atoms with van der Waals surface area (Å²) in [7, 11) is 2.87. The largest absolute Gasteiger partial charge is 0.508 e. The number of nitrogens with two attached hydrogens (primary N) is 1. The zero-order chi connectivity index (χ0) is 36.0. The third kappa shape index (κ3) is 4.43. The summed E-state index contributed by atoms with van der Waals surface area (Å²) in [6.07, 6.45) is -2.61. The van der Waals surface area contributed by atoms with E-state index < -0.39 is 87.5 Å². The summed E-state index contributed by atoms with van der Waals surface area (Å²) in [6, 6.07) is 17.1. The number of amides is 2. The van der Waals surface area contributed by atoms with Crippen LogP contribution in [0.3, 0.4) is 0 Å². The van der Waals surface area contributed by atoms with Gasteiger partial charge in [0.1, 0.15) is 29.4 Å². The van der Waals surface area contributed by atoms with Gasteiger partial charge in [0.2, 0.25) is 5.78 Å². The van der Waals surface area contributed by atoms with E-state index in [9.17, 15) is 44.7 Å². The maximum absolute atomic E-state index is 14.2. The number of aliphatic hydroxyl groups excluding tert-OH is 3. The van der Waals surface area contributed by atoms with Gasteiger partial charge in [-0.15, -0.1) is 0 Å². The molecule has 1 fully saturated rings. The number of hydrogen-bond acceptors (Lipinski definition) is 11. The number of carbonyl (C=O) groups excluding carboxylic acids is 4. The monoisotopic (exact) mass is 681 g/mol. The van der Waals surface area contributed by atoms with Crippen molar-refractivity contribution in [3.8, 4) is 16.9 Å². The number of hydrogen-bond donors (Lipinski definition) is 7. The van der Waals surface area contributed by atoms with Crippen LogP contribution in [0.15, 0.2) is 77.6 Å². The number of aliphatic hydroxyl groups is 4. The summed E-state index contributed by atoms with van der Waals surface area (Å²) in [5, 5.41) is 60.2. The topological polar surface area (TPSA) is 220 Å². The number of ether oxygens (including phenoxy) is 1. The highest BCUT2D eigenvalue weighted by Gasteiger charge is 2.68. The summed E-state index contributed by atoms with van der Waals surface area (Å²) in [4.78, 5) is 54.2. The number of benzene rings is 3. The lowest BCUT2D eigenvalue weighted by atomic mass is 9.54. The predicted octanol–water partition coefficient (Wildman–Crippen LogP) is 2.86. The molecule has 1 saturated carbocycles. The number of nitrogens with zero attached hydrogens (tertiary/aromatic N) is 1. The summed E-state index contributed by atoms with van der Waals surface area (Å²) >= 11 is 0. The van der Waals surface area contributed by atoms with Gasteiger partial charge in [0.25, 0.3) is 5.91 Å².